The smallest absolute Gasteiger partial charge is 0.103 e. The molecular formula is C14H20O3. The van der Waals surface area contributed by atoms with Crippen LogP contribution >= 0.6 is 0 Å². The summed E-state index contributed by atoms with van der Waals surface area (Å²) in [5, 5.41) is 10.1. The molecule has 3 nitrogen and oxygen atoms in total. The third-order valence-corrected chi connectivity index (χ3v) is 3.16. The molecule has 1 aliphatic rings. The van der Waals surface area contributed by atoms with E-state index in [2.05, 4.69) is 13.0 Å². The van der Waals surface area contributed by atoms with Crippen molar-refractivity contribution in [2.24, 2.45) is 0 Å². The normalized spacial score (nSPS) is 21.7. The second-order valence-electron chi connectivity index (χ2n) is 4.69. The molecular weight excluding hydrogens is 216 g/mol. The molecule has 1 aromatic rings. The molecule has 1 saturated heterocycles. The van der Waals surface area contributed by atoms with E-state index in [0.29, 0.717) is 13.2 Å². The van der Waals surface area contributed by atoms with Crippen molar-refractivity contribution in [3.05, 3.63) is 34.9 Å². The summed E-state index contributed by atoms with van der Waals surface area (Å²) < 4.78 is 10.9. The largest absolute Gasteiger partial charge is 0.386 e. The lowest BCUT2D eigenvalue weighted by Gasteiger charge is -2.17. The number of hydrogen-bond donors (Lipinski definition) is 1. The summed E-state index contributed by atoms with van der Waals surface area (Å²) in [6.45, 7) is 5.83. The van der Waals surface area contributed by atoms with E-state index in [0.717, 1.165) is 24.2 Å². The average molecular weight is 236 g/mol. The Hall–Kier alpha value is -0.900. The molecule has 0 amide bonds. The third kappa shape index (κ3) is 3.28. The van der Waals surface area contributed by atoms with Gasteiger partial charge in [-0.15, -0.1) is 0 Å². The van der Waals surface area contributed by atoms with Gasteiger partial charge in [0, 0.05) is 6.61 Å². The van der Waals surface area contributed by atoms with Gasteiger partial charge in [0.15, 0.2) is 0 Å². The Balaban J connectivity index is 1.91. The molecule has 1 heterocycles. The summed E-state index contributed by atoms with van der Waals surface area (Å²) in [4.78, 5) is 0. The zero-order valence-corrected chi connectivity index (χ0v) is 10.5. The highest BCUT2D eigenvalue weighted by Gasteiger charge is 2.18. The van der Waals surface area contributed by atoms with E-state index < -0.39 is 6.10 Å². The Morgan fingerprint density at radius 3 is 2.94 bits per heavy atom. The van der Waals surface area contributed by atoms with E-state index in [4.69, 9.17) is 9.47 Å². The Bertz CT molecular complexity index is 370. The summed E-state index contributed by atoms with van der Waals surface area (Å²) in [5.41, 5.74) is 3.28. The van der Waals surface area contributed by atoms with Gasteiger partial charge in [-0.25, -0.2) is 0 Å². The van der Waals surface area contributed by atoms with Gasteiger partial charge in [0.25, 0.3) is 0 Å². The van der Waals surface area contributed by atoms with Crippen LogP contribution in [0, 0.1) is 13.8 Å². The van der Waals surface area contributed by atoms with Crippen LogP contribution < -0.4 is 0 Å². The van der Waals surface area contributed by atoms with Gasteiger partial charge in [0.05, 0.1) is 19.3 Å². The quantitative estimate of drug-likeness (QED) is 0.870. The zero-order valence-electron chi connectivity index (χ0n) is 10.5. The second kappa shape index (κ2) is 5.63. The Kier molecular flexibility index (Phi) is 4.15. The molecule has 17 heavy (non-hydrogen) atoms. The lowest BCUT2D eigenvalue weighted by molar-refractivity contribution is -0.0133. The molecule has 0 aliphatic carbocycles. The molecule has 2 atom stereocenters. The third-order valence-electron chi connectivity index (χ3n) is 3.16. The monoisotopic (exact) mass is 236 g/mol. The minimum atomic E-state index is -0.545. The predicted octanol–water partition coefficient (Wildman–Crippen LogP) is 2.14. The highest BCUT2D eigenvalue weighted by Crippen LogP contribution is 2.20. The minimum absolute atomic E-state index is 0.149. The van der Waals surface area contributed by atoms with Gasteiger partial charge in [-0.2, -0.15) is 0 Å². The van der Waals surface area contributed by atoms with Gasteiger partial charge >= 0.3 is 0 Å². The van der Waals surface area contributed by atoms with Crippen molar-refractivity contribution in [1.82, 2.24) is 0 Å². The van der Waals surface area contributed by atoms with Crippen LogP contribution in [-0.4, -0.2) is 31.0 Å². The number of hydrogen-bond acceptors (Lipinski definition) is 3. The van der Waals surface area contributed by atoms with Crippen LogP contribution in [0.15, 0.2) is 18.2 Å². The highest BCUT2D eigenvalue weighted by atomic mass is 16.5. The number of rotatable bonds is 4. The molecule has 0 spiro atoms. The van der Waals surface area contributed by atoms with E-state index in [-0.39, 0.29) is 6.10 Å². The number of aliphatic hydroxyl groups excluding tert-OH is 1. The van der Waals surface area contributed by atoms with Gasteiger partial charge in [-0.3, -0.25) is 0 Å². The van der Waals surface area contributed by atoms with Gasteiger partial charge in [-0.1, -0.05) is 23.8 Å². The van der Waals surface area contributed by atoms with Crippen LogP contribution in [0.3, 0.4) is 0 Å². The van der Waals surface area contributed by atoms with Crippen molar-refractivity contribution in [2.45, 2.75) is 32.5 Å². The van der Waals surface area contributed by atoms with Crippen LogP contribution in [0.1, 0.15) is 29.2 Å². The van der Waals surface area contributed by atoms with E-state index in [1.54, 1.807) is 0 Å². The zero-order chi connectivity index (χ0) is 12.3. The number of benzene rings is 1. The van der Waals surface area contributed by atoms with E-state index in [1.807, 2.05) is 19.1 Å². The fourth-order valence-electron chi connectivity index (χ4n) is 2.16. The first-order chi connectivity index (χ1) is 8.16. The van der Waals surface area contributed by atoms with Gasteiger partial charge in [0.1, 0.15) is 6.10 Å². The van der Waals surface area contributed by atoms with E-state index >= 15 is 0 Å². The molecule has 94 valence electrons. The van der Waals surface area contributed by atoms with Crippen LogP contribution in [0.25, 0.3) is 0 Å². The molecule has 3 heteroatoms. The van der Waals surface area contributed by atoms with Crippen molar-refractivity contribution in [1.29, 1.82) is 0 Å². The lowest BCUT2D eigenvalue weighted by atomic mass is 10.0. The topological polar surface area (TPSA) is 38.7 Å². The van der Waals surface area contributed by atoms with Crippen molar-refractivity contribution < 1.29 is 14.6 Å². The summed E-state index contributed by atoms with van der Waals surface area (Å²) in [6.07, 6.45) is 0.533. The molecule has 1 N–H and O–H groups in total. The predicted molar refractivity (Wildman–Crippen MR) is 66.1 cm³/mol. The first-order valence-corrected chi connectivity index (χ1v) is 6.11. The molecule has 0 saturated carbocycles. The first-order valence-electron chi connectivity index (χ1n) is 6.11. The first kappa shape index (κ1) is 12.6. The fraction of sp³-hybridized carbons (Fsp3) is 0.571. The maximum atomic E-state index is 10.1. The van der Waals surface area contributed by atoms with Gasteiger partial charge in [0.2, 0.25) is 0 Å². The highest BCUT2D eigenvalue weighted by molar-refractivity contribution is 5.31. The van der Waals surface area contributed by atoms with Gasteiger partial charge < -0.3 is 14.6 Å². The molecule has 0 radical (unpaired) electrons. The van der Waals surface area contributed by atoms with Crippen LogP contribution in [0.2, 0.25) is 0 Å². The fourth-order valence-corrected chi connectivity index (χ4v) is 2.16. The molecule has 1 fully saturated rings. The number of aryl methyl sites for hydroxylation is 2. The molecule has 2 unspecified atom stereocenters. The second-order valence-corrected chi connectivity index (χ2v) is 4.69. The molecule has 0 aromatic heterocycles. The molecule has 0 bridgehead atoms. The van der Waals surface area contributed by atoms with E-state index in [1.165, 1.54) is 5.56 Å². The van der Waals surface area contributed by atoms with Crippen LogP contribution in [-0.2, 0) is 9.47 Å². The average Bonchev–Trinajstić information content (AvgIpc) is 2.78. The van der Waals surface area contributed by atoms with Crippen LogP contribution in [0.4, 0.5) is 0 Å². The molecule has 2 rings (SSSR count). The summed E-state index contributed by atoms with van der Waals surface area (Å²) in [5.74, 6) is 0. The van der Waals surface area contributed by atoms with E-state index in [9.17, 15) is 5.11 Å². The Morgan fingerprint density at radius 2 is 2.29 bits per heavy atom. The number of aliphatic hydroxyl groups is 1. The summed E-state index contributed by atoms with van der Waals surface area (Å²) >= 11 is 0. The number of ether oxygens (including phenoxy) is 2. The maximum absolute atomic E-state index is 10.1. The summed E-state index contributed by atoms with van der Waals surface area (Å²) in [7, 11) is 0. The molecule has 1 aromatic carbocycles. The Labute approximate surface area is 102 Å². The summed E-state index contributed by atoms with van der Waals surface area (Å²) in [6, 6.07) is 6.07. The lowest BCUT2D eigenvalue weighted by Crippen LogP contribution is -2.17. The van der Waals surface area contributed by atoms with Crippen molar-refractivity contribution in [3.8, 4) is 0 Å². The van der Waals surface area contributed by atoms with Crippen molar-refractivity contribution in [3.63, 3.8) is 0 Å². The SMILES string of the molecule is Cc1ccc(C(O)COC2CCOC2)c(C)c1. The van der Waals surface area contributed by atoms with Crippen LogP contribution in [0.5, 0.6) is 0 Å². The standard InChI is InChI=1S/C14H20O3/c1-10-3-4-13(11(2)7-10)14(15)9-17-12-5-6-16-8-12/h3-4,7,12,14-15H,5-6,8-9H2,1-2H3. The Morgan fingerprint density at radius 1 is 1.47 bits per heavy atom. The maximum Gasteiger partial charge on any atom is 0.103 e. The minimum Gasteiger partial charge on any atom is -0.386 e. The van der Waals surface area contributed by atoms with Crippen molar-refractivity contribution >= 4 is 0 Å². The van der Waals surface area contributed by atoms with Crippen molar-refractivity contribution in [2.75, 3.05) is 19.8 Å². The van der Waals surface area contributed by atoms with Gasteiger partial charge in [-0.05, 0) is 31.4 Å². The molecule has 1 aliphatic heterocycles.